The van der Waals surface area contributed by atoms with E-state index in [9.17, 15) is 4.39 Å². The number of hydrogen-bond acceptors (Lipinski definition) is 2. The van der Waals surface area contributed by atoms with E-state index < -0.39 is 0 Å². The molecule has 3 heteroatoms. The lowest BCUT2D eigenvalue weighted by atomic mass is 10.2. The van der Waals surface area contributed by atoms with E-state index in [1.54, 1.807) is 12.1 Å². The van der Waals surface area contributed by atoms with Crippen molar-refractivity contribution in [2.45, 2.75) is 33.2 Å². The fourth-order valence-corrected chi connectivity index (χ4v) is 1.65. The molecule has 0 unspecified atom stereocenters. The summed E-state index contributed by atoms with van der Waals surface area (Å²) in [6, 6.07) is 5.16. The Hall–Kier alpha value is -1.25. The highest BCUT2D eigenvalue weighted by Gasteiger charge is 2.13. The van der Waals surface area contributed by atoms with Crippen LogP contribution in [0.2, 0.25) is 0 Å². The van der Waals surface area contributed by atoms with Crippen LogP contribution < -0.4 is 10.6 Å². The Morgan fingerprint density at radius 3 is 2.53 bits per heavy atom. The molecule has 84 valence electrons. The molecule has 1 rings (SSSR count). The minimum Gasteiger partial charge on any atom is -0.399 e. The fourth-order valence-electron chi connectivity index (χ4n) is 1.65. The predicted octanol–water partition coefficient (Wildman–Crippen LogP) is 3.03. The molecule has 0 amide bonds. The summed E-state index contributed by atoms with van der Waals surface area (Å²) < 4.78 is 13.7. The Kier molecular flexibility index (Phi) is 3.95. The van der Waals surface area contributed by atoms with Crippen LogP contribution in [0.5, 0.6) is 0 Å². The average Bonchev–Trinajstić information content (AvgIpc) is 2.15. The first-order valence-electron chi connectivity index (χ1n) is 5.38. The zero-order valence-electron chi connectivity index (χ0n) is 9.63. The van der Waals surface area contributed by atoms with Gasteiger partial charge in [0.05, 0.1) is 5.69 Å². The van der Waals surface area contributed by atoms with Crippen molar-refractivity contribution in [1.29, 1.82) is 0 Å². The molecule has 0 bridgehead atoms. The van der Waals surface area contributed by atoms with Gasteiger partial charge in [-0.15, -0.1) is 0 Å². The van der Waals surface area contributed by atoms with Gasteiger partial charge in [-0.1, -0.05) is 6.92 Å². The maximum Gasteiger partial charge on any atom is 0.148 e. The summed E-state index contributed by atoms with van der Waals surface area (Å²) in [5, 5.41) is 0. The third-order valence-electron chi connectivity index (χ3n) is 2.37. The number of nitrogens with zero attached hydrogens (tertiary/aromatic N) is 1. The summed E-state index contributed by atoms with van der Waals surface area (Å²) >= 11 is 0. The van der Waals surface area contributed by atoms with E-state index in [0.717, 1.165) is 13.0 Å². The molecule has 0 aromatic heterocycles. The van der Waals surface area contributed by atoms with Crippen LogP contribution in [-0.2, 0) is 0 Å². The summed E-state index contributed by atoms with van der Waals surface area (Å²) in [5.74, 6) is -0.239. The third kappa shape index (κ3) is 2.85. The van der Waals surface area contributed by atoms with Gasteiger partial charge in [-0.25, -0.2) is 4.39 Å². The van der Waals surface area contributed by atoms with Gasteiger partial charge < -0.3 is 10.6 Å². The molecule has 0 aliphatic carbocycles. The number of rotatable bonds is 4. The smallest absolute Gasteiger partial charge is 0.148 e. The number of anilines is 2. The highest BCUT2D eigenvalue weighted by molar-refractivity contribution is 5.54. The second-order valence-electron chi connectivity index (χ2n) is 4.00. The highest BCUT2D eigenvalue weighted by atomic mass is 19.1. The summed E-state index contributed by atoms with van der Waals surface area (Å²) in [4.78, 5) is 2.05. The molecule has 0 saturated heterocycles. The first kappa shape index (κ1) is 11.8. The van der Waals surface area contributed by atoms with E-state index in [-0.39, 0.29) is 5.82 Å². The van der Waals surface area contributed by atoms with Crippen molar-refractivity contribution < 1.29 is 4.39 Å². The number of halogens is 1. The largest absolute Gasteiger partial charge is 0.399 e. The number of nitrogen functional groups attached to an aromatic ring is 1. The molecule has 15 heavy (non-hydrogen) atoms. The monoisotopic (exact) mass is 210 g/mol. The summed E-state index contributed by atoms with van der Waals surface area (Å²) in [7, 11) is 0. The van der Waals surface area contributed by atoms with Crippen LogP contribution in [0.15, 0.2) is 18.2 Å². The summed E-state index contributed by atoms with van der Waals surface area (Å²) in [5.41, 5.74) is 6.63. The predicted molar refractivity (Wildman–Crippen MR) is 63.6 cm³/mol. The number of hydrogen-bond donors (Lipinski definition) is 1. The van der Waals surface area contributed by atoms with Crippen LogP contribution in [0, 0.1) is 5.82 Å². The topological polar surface area (TPSA) is 29.3 Å². The normalized spacial score (nSPS) is 10.7. The molecule has 0 heterocycles. The van der Waals surface area contributed by atoms with E-state index in [1.165, 1.54) is 6.07 Å². The Morgan fingerprint density at radius 2 is 2.07 bits per heavy atom. The third-order valence-corrected chi connectivity index (χ3v) is 2.37. The van der Waals surface area contributed by atoms with Gasteiger partial charge in [0.2, 0.25) is 0 Å². The van der Waals surface area contributed by atoms with E-state index in [1.807, 2.05) is 0 Å². The van der Waals surface area contributed by atoms with Gasteiger partial charge in [-0.2, -0.15) is 0 Å². The maximum atomic E-state index is 13.7. The molecule has 0 aliphatic heterocycles. The molecule has 2 nitrogen and oxygen atoms in total. The Morgan fingerprint density at radius 1 is 1.40 bits per heavy atom. The molecule has 1 aromatic rings. The molecule has 0 radical (unpaired) electrons. The molecule has 2 N–H and O–H groups in total. The van der Waals surface area contributed by atoms with Gasteiger partial charge in [0.15, 0.2) is 0 Å². The number of benzene rings is 1. The average molecular weight is 210 g/mol. The van der Waals surface area contributed by atoms with Gasteiger partial charge in [0.1, 0.15) is 5.82 Å². The van der Waals surface area contributed by atoms with Gasteiger partial charge in [0.25, 0.3) is 0 Å². The second-order valence-corrected chi connectivity index (χ2v) is 4.00. The van der Waals surface area contributed by atoms with Crippen LogP contribution in [0.3, 0.4) is 0 Å². The molecule has 0 atom stereocenters. The van der Waals surface area contributed by atoms with Gasteiger partial charge >= 0.3 is 0 Å². The van der Waals surface area contributed by atoms with Crippen molar-refractivity contribution in [2.24, 2.45) is 0 Å². The van der Waals surface area contributed by atoms with E-state index in [4.69, 9.17) is 5.73 Å². The van der Waals surface area contributed by atoms with Crippen molar-refractivity contribution in [1.82, 2.24) is 0 Å². The van der Waals surface area contributed by atoms with E-state index >= 15 is 0 Å². The first-order valence-corrected chi connectivity index (χ1v) is 5.38. The number of nitrogens with two attached hydrogens (primary N) is 1. The molecule has 0 fully saturated rings. The van der Waals surface area contributed by atoms with Crippen LogP contribution in [0.25, 0.3) is 0 Å². The van der Waals surface area contributed by atoms with Crippen molar-refractivity contribution in [3.8, 4) is 0 Å². The quantitative estimate of drug-likeness (QED) is 0.774. The zero-order chi connectivity index (χ0) is 11.4. The maximum absolute atomic E-state index is 13.7. The molecular weight excluding hydrogens is 191 g/mol. The van der Waals surface area contributed by atoms with Crippen molar-refractivity contribution in [3.63, 3.8) is 0 Å². The SMILES string of the molecule is CCCN(c1ccc(N)cc1F)C(C)C. The molecular formula is C12H19FN2. The highest BCUT2D eigenvalue weighted by Crippen LogP contribution is 2.23. The Labute approximate surface area is 90.9 Å². The summed E-state index contributed by atoms with van der Waals surface area (Å²) in [6.07, 6.45) is 1.00. The summed E-state index contributed by atoms with van der Waals surface area (Å²) in [6.45, 7) is 7.07. The van der Waals surface area contributed by atoms with Crippen LogP contribution in [-0.4, -0.2) is 12.6 Å². The van der Waals surface area contributed by atoms with Crippen LogP contribution >= 0.6 is 0 Å². The fraction of sp³-hybridized carbons (Fsp3) is 0.500. The van der Waals surface area contributed by atoms with Crippen molar-refractivity contribution >= 4 is 11.4 Å². The van der Waals surface area contributed by atoms with E-state index in [0.29, 0.717) is 17.4 Å². The van der Waals surface area contributed by atoms with Gasteiger partial charge in [0, 0.05) is 18.3 Å². The lowest BCUT2D eigenvalue weighted by Gasteiger charge is -2.29. The van der Waals surface area contributed by atoms with Crippen LogP contribution in [0.1, 0.15) is 27.2 Å². The minimum absolute atomic E-state index is 0.239. The Balaban J connectivity index is 3.00. The molecule has 0 aliphatic rings. The molecule has 0 spiro atoms. The lowest BCUT2D eigenvalue weighted by Crippen LogP contribution is -2.32. The van der Waals surface area contributed by atoms with Gasteiger partial charge in [-0.05, 0) is 38.5 Å². The molecule has 0 saturated carbocycles. The second kappa shape index (κ2) is 5.01. The zero-order valence-corrected chi connectivity index (χ0v) is 9.63. The van der Waals surface area contributed by atoms with E-state index in [2.05, 4.69) is 25.7 Å². The van der Waals surface area contributed by atoms with Crippen molar-refractivity contribution in [2.75, 3.05) is 17.2 Å². The standard InChI is InChI=1S/C12H19FN2/c1-4-7-15(9(2)3)12-6-5-10(14)8-11(12)13/h5-6,8-9H,4,7,14H2,1-3H3. The molecule has 1 aromatic carbocycles. The lowest BCUT2D eigenvalue weighted by molar-refractivity contribution is 0.597. The Bertz CT molecular complexity index is 323. The van der Waals surface area contributed by atoms with Crippen molar-refractivity contribution in [3.05, 3.63) is 24.0 Å². The van der Waals surface area contributed by atoms with Gasteiger partial charge in [-0.3, -0.25) is 0 Å². The van der Waals surface area contributed by atoms with Crippen LogP contribution in [0.4, 0.5) is 15.8 Å². The first-order chi connectivity index (χ1) is 7.06. The minimum atomic E-state index is -0.239.